The average molecular weight is 246 g/mol. The van der Waals surface area contributed by atoms with E-state index in [-0.39, 0.29) is 11.6 Å². The van der Waals surface area contributed by atoms with Crippen LogP contribution in [0.4, 0.5) is 0 Å². The van der Waals surface area contributed by atoms with E-state index in [9.17, 15) is 9.82 Å². The van der Waals surface area contributed by atoms with Crippen LogP contribution in [0.2, 0.25) is 0 Å². The maximum absolute atomic E-state index is 12.0. The fraction of sp³-hybridized carbons (Fsp3) is 0.231. The first-order valence-electron chi connectivity index (χ1n) is 5.46. The molecule has 0 radical (unpaired) electrons. The first-order valence-corrected chi connectivity index (χ1v) is 5.46. The smallest absolute Gasteiger partial charge is 0.429 e. The van der Waals surface area contributed by atoms with Gasteiger partial charge in [-0.25, -0.2) is 4.99 Å². The molecule has 0 rings (SSSR count). The summed E-state index contributed by atoms with van der Waals surface area (Å²) in [4.78, 5) is 17.1. The third-order valence-corrected chi connectivity index (χ3v) is 2.33. The van der Waals surface area contributed by atoms with Crippen LogP contribution >= 0.6 is 0 Å². The lowest BCUT2D eigenvalue weighted by molar-refractivity contribution is -0.119. The second kappa shape index (κ2) is 7.45. The van der Waals surface area contributed by atoms with Crippen molar-refractivity contribution in [3.05, 3.63) is 49.1 Å². The predicted octanol–water partition coefficient (Wildman–Crippen LogP) is 1.76. The largest absolute Gasteiger partial charge is 0.447 e. The molecule has 0 heterocycles. The third kappa shape index (κ3) is 4.55. The molecule has 0 spiro atoms. The normalized spacial score (nSPS) is 11.8. The van der Waals surface area contributed by atoms with E-state index in [4.69, 9.17) is 0 Å². The van der Waals surface area contributed by atoms with Gasteiger partial charge in [-0.15, -0.1) is 0 Å². The number of hydrogen-bond acceptors (Lipinski definition) is 3. The molecule has 1 amide bonds. The second-order valence-corrected chi connectivity index (χ2v) is 3.83. The van der Waals surface area contributed by atoms with E-state index in [0.29, 0.717) is 11.2 Å². The van der Waals surface area contributed by atoms with Crippen molar-refractivity contribution in [1.82, 2.24) is 4.81 Å². The zero-order valence-corrected chi connectivity index (χ0v) is 11.2. The molecule has 5 heteroatoms. The van der Waals surface area contributed by atoms with Gasteiger partial charge in [-0.1, -0.05) is 37.4 Å². The Bertz CT molecular complexity index is 425. The summed E-state index contributed by atoms with van der Waals surface area (Å²) in [7, 11) is 0.501. The molecule has 96 valence electrons. The highest BCUT2D eigenvalue weighted by atomic mass is 16.2. The molecular formula is C13H19BN2O2. The van der Waals surface area contributed by atoms with Crippen molar-refractivity contribution in [2.45, 2.75) is 13.8 Å². The van der Waals surface area contributed by atoms with Gasteiger partial charge in [0.05, 0.1) is 5.70 Å². The van der Waals surface area contributed by atoms with Gasteiger partial charge < -0.3 is 9.83 Å². The van der Waals surface area contributed by atoms with Crippen LogP contribution < -0.4 is 0 Å². The lowest BCUT2D eigenvalue weighted by Gasteiger charge is -2.20. The quantitative estimate of drug-likeness (QED) is 0.441. The van der Waals surface area contributed by atoms with Gasteiger partial charge in [-0.3, -0.25) is 4.79 Å². The summed E-state index contributed by atoms with van der Waals surface area (Å²) in [5, 5.41) is 9.92. The summed E-state index contributed by atoms with van der Waals surface area (Å²) in [6.45, 7) is 13.9. The molecule has 0 fully saturated rings. The molecular weight excluding hydrogens is 227 g/mol. The minimum absolute atomic E-state index is 0.243. The molecule has 0 aromatic rings. The fourth-order valence-corrected chi connectivity index (χ4v) is 1.25. The number of hydrogen-bond donors (Lipinski definition) is 1. The lowest BCUT2D eigenvalue weighted by Crippen LogP contribution is -2.44. The van der Waals surface area contributed by atoms with Crippen molar-refractivity contribution in [2.75, 3.05) is 7.05 Å². The number of carbonyl (C=O) groups excluding carboxylic acids is 1. The van der Waals surface area contributed by atoms with E-state index in [0.717, 1.165) is 0 Å². The maximum Gasteiger partial charge on any atom is 0.447 e. The monoisotopic (exact) mass is 246 g/mol. The summed E-state index contributed by atoms with van der Waals surface area (Å²) in [5.41, 5.74) is 1.27. The molecule has 4 nitrogen and oxygen atoms in total. The molecule has 0 unspecified atom stereocenters. The van der Waals surface area contributed by atoms with Crippen molar-refractivity contribution in [2.24, 2.45) is 4.99 Å². The molecule has 0 saturated heterocycles. The number of allylic oxidation sites excluding steroid dienone is 4. The van der Waals surface area contributed by atoms with Gasteiger partial charge in [0.25, 0.3) is 5.91 Å². The van der Waals surface area contributed by atoms with Crippen LogP contribution in [0.5, 0.6) is 0 Å². The van der Waals surface area contributed by atoms with E-state index in [2.05, 4.69) is 24.7 Å². The van der Waals surface area contributed by atoms with Crippen molar-refractivity contribution >= 4 is 18.7 Å². The molecule has 0 aromatic heterocycles. The van der Waals surface area contributed by atoms with E-state index in [1.807, 2.05) is 0 Å². The Morgan fingerprint density at radius 2 is 1.94 bits per heavy atom. The Balaban J connectivity index is 4.95. The lowest BCUT2D eigenvalue weighted by atomic mass is 9.72. The molecule has 18 heavy (non-hydrogen) atoms. The van der Waals surface area contributed by atoms with E-state index in [1.54, 1.807) is 26.0 Å². The number of rotatable bonds is 6. The predicted molar refractivity (Wildman–Crippen MR) is 77.1 cm³/mol. The Labute approximate surface area is 109 Å². The Morgan fingerprint density at radius 3 is 2.39 bits per heavy atom. The summed E-state index contributed by atoms with van der Waals surface area (Å²) >= 11 is 0. The van der Waals surface area contributed by atoms with Gasteiger partial charge in [0.1, 0.15) is 5.71 Å². The van der Waals surface area contributed by atoms with E-state index >= 15 is 0 Å². The summed E-state index contributed by atoms with van der Waals surface area (Å²) < 4.78 is 0. The fourth-order valence-electron chi connectivity index (χ4n) is 1.25. The summed E-state index contributed by atoms with van der Waals surface area (Å²) in [6.07, 6.45) is 4.65. The minimum atomic E-state index is -1.00. The number of nitrogens with zero attached hydrogens (tertiary/aromatic N) is 2. The SMILES string of the molecule is C=C/C=C(\C)B(O)N(C)C(=O)/C(C)=N/C(=C)C=C. The summed E-state index contributed by atoms with van der Waals surface area (Å²) in [6, 6.07) is 0. The van der Waals surface area contributed by atoms with Crippen LogP contribution in [-0.4, -0.2) is 35.6 Å². The number of aliphatic imine (C=N–C) groups is 1. The van der Waals surface area contributed by atoms with Gasteiger partial charge in [0, 0.05) is 0 Å². The topological polar surface area (TPSA) is 52.9 Å². The zero-order valence-electron chi connectivity index (χ0n) is 11.2. The molecule has 0 aliphatic rings. The Hall–Kier alpha value is -1.88. The van der Waals surface area contributed by atoms with Crippen molar-refractivity contribution in [1.29, 1.82) is 0 Å². The average Bonchev–Trinajstić information content (AvgIpc) is 2.35. The van der Waals surface area contributed by atoms with Gasteiger partial charge in [0.15, 0.2) is 0 Å². The molecule has 0 bridgehead atoms. The maximum atomic E-state index is 12.0. The molecule has 0 aliphatic carbocycles. The van der Waals surface area contributed by atoms with Crippen LogP contribution in [0.25, 0.3) is 0 Å². The van der Waals surface area contributed by atoms with E-state index < -0.39 is 7.05 Å². The number of amides is 1. The zero-order chi connectivity index (χ0) is 14.3. The van der Waals surface area contributed by atoms with E-state index in [1.165, 1.54) is 17.9 Å². The first kappa shape index (κ1) is 16.1. The van der Waals surface area contributed by atoms with Crippen LogP contribution in [0, 0.1) is 0 Å². The minimum Gasteiger partial charge on any atom is -0.429 e. The Morgan fingerprint density at radius 1 is 1.39 bits per heavy atom. The molecule has 0 aliphatic heterocycles. The Kier molecular flexibility index (Phi) is 6.67. The molecule has 1 N–H and O–H groups in total. The third-order valence-electron chi connectivity index (χ3n) is 2.33. The molecule has 0 saturated carbocycles. The van der Waals surface area contributed by atoms with Gasteiger partial charge in [-0.2, -0.15) is 0 Å². The van der Waals surface area contributed by atoms with Crippen LogP contribution in [-0.2, 0) is 4.79 Å². The molecule has 0 atom stereocenters. The van der Waals surface area contributed by atoms with Crippen molar-refractivity contribution in [3.63, 3.8) is 0 Å². The van der Waals surface area contributed by atoms with Crippen LogP contribution in [0.1, 0.15) is 13.8 Å². The van der Waals surface area contributed by atoms with Gasteiger partial charge in [-0.05, 0) is 27.0 Å². The first-order chi connectivity index (χ1) is 8.34. The number of carbonyl (C=O) groups is 1. The van der Waals surface area contributed by atoms with Gasteiger partial charge in [0.2, 0.25) is 0 Å². The van der Waals surface area contributed by atoms with Crippen molar-refractivity contribution < 1.29 is 9.82 Å². The van der Waals surface area contributed by atoms with Crippen molar-refractivity contribution in [3.8, 4) is 0 Å². The highest BCUT2D eigenvalue weighted by molar-refractivity contribution is 6.62. The second-order valence-electron chi connectivity index (χ2n) is 3.83. The highest BCUT2D eigenvalue weighted by Crippen LogP contribution is 2.04. The van der Waals surface area contributed by atoms with Gasteiger partial charge >= 0.3 is 7.05 Å². The standard InChI is InChI=1S/C13H19BN2O2/c1-7-9-10(3)14(18)16(6)13(17)12(5)15-11(4)8-2/h7-9,18H,1-2,4H2,3,5-6H3/b10-9+,15-12+. The molecule has 0 aromatic carbocycles. The van der Waals surface area contributed by atoms with Crippen LogP contribution in [0.15, 0.2) is 54.1 Å². The van der Waals surface area contributed by atoms with Crippen LogP contribution in [0.3, 0.4) is 0 Å². The summed E-state index contributed by atoms with van der Waals surface area (Å²) in [5.74, 6) is -0.373. The highest BCUT2D eigenvalue weighted by Gasteiger charge is 2.26.